The number of fused-ring (bicyclic) bond motifs is 16. The van der Waals surface area contributed by atoms with E-state index < -0.39 is 0 Å². The van der Waals surface area contributed by atoms with E-state index >= 15 is 0 Å². The van der Waals surface area contributed by atoms with Gasteiger partial charge in [-0.3, -0.25) is 9.97 Å². The molecule has 0 saturated carbocycles. The van der Waals surface area contributed by atoms with Gasteiger partial charge in [0.15, 0.2) is 0 Å². The molecule has 7 heteroatoms. The van der Waals surface area contributed by atoms with Crippen LogP contribution in [-0.4, -0.2) is 23.8 Å². The first-order valence-electron chi connectivity index (χ1n) is 15.8. The monoisotopic (exact) mass is 711 g/mol. The molecule has 6 nitrogen and oxygen atoms in total. The van der Waals surface area contributed by atoms with E-state index in [4.69, 9.17) is 19.7 Å². The van der Waals surface area contributed by atoms with Gasteiger partial charge in [-0.1, -0.05) is 115 Å². The predicted octanol–water partition coefficient (Wildman–Crippen LogP) is 9.98. The van der Waals surface area contributed by atoms with Crippen molar-refractivity contribution in [3.8, 4) is 11.5 Å². The van der Waals surface area contributed by atoms with Crippen LogP contribution in [0.1, 0.15) is 26.3 Å². The molecule has 0 radical (unpaired) electrons. The third kappa shape index (κ3) is 4.05. The quantitative estimate of drug-likeness (QED) is 0.102. The Hall–Kier alpha value is -5.35. The topological polar surface area (TPSA) is 56.7 Å². The van der Waals surface area contributed by atoms with Crippen LogP contribution in [0.25, 0.3) is 76.8 Å². The summed E-state index contributed by atoms with van der Waals surface area (Å²) in [5.41, 5.74) is 8.87. The molecule has 10 aromatic rings. The molecular weight excluding hydrogens is 685 g/mol. The minimum absolute atomic E-state index is 0. The Bertz CT molecular complexity index is 2930. The third-order valence-corrected chi connectivity index (χ3v) is 9.27. The summed E-state index contributed by atoms with van der Waals surface area (Å²) in [6.45, 7) is 6.79. The fourth-order valence-electron chi connectivity index (χ4n) is 7.21. The van der Waals surface area contributed by atoms with Crippen molar-refractivity contribution in [3.63, 3.8) is 0 Å². The van der Waals surface area contributed by atoms with Gasteiger partial charge < -0.3 is 13.5 Å². The number of hydrogen-bond acceptors (Lipinski definition) is 4. The number of pyridine rings is 3. The molecule has 0 unspecified atom stereocenters. The Labute approximate surface area is 289 Å². The molecule has 0 bridgehead atoms. The molecular formula is C41H27N5OPd. The first kappa shape index (κ1) is 28.8. The first-order valence-corrected chi connectivity index (χ1v) is 15.8. The van der Waals surface area contributed by atoms with Crippen molar-refractivity contribution in [3.05, 3.63) is 127 Å². The number of rotatable bonds is 2. The fraction of sp³-hybridized carbons (Fsp3) is 0.0976. The van der Waals surface area contributed by atoms with Crippen LogP contribution in [0.2, 0.25) is 0 Å². The predicted molar refractivity (Wildman–Crippen MR) is 190 cm³/mol. The van der Waals surface area contributed by atoms with Gasteiger partial charge in [0, 0.05) is 23.2 Å². The molecule has 0 N–H and O–H groups in total. The molecule has 0 amide bonds. The zero-order valence-electron chi connectivity index (χ0n) is 26.4. The summed E-state index contributed by atoms with van der Waals surface area (Å²) in [6.07, 6.45) is 1.83. The van der Waals surface area contributed by atoms with E-state index in [2.05, 4.69) is 102 Å². The van der Waals surface area contributed by atoms with Crippen LogP contribution in [0, 0.1) is 12.1 Å². The van der Waals surface area contributed by atoms with Crippen molar-refractivity contribution >= 4 is 76.8 Å². The van der Waals surface area contributed by atoms with Crippen molar-refractivity contribution in [2.45, 2.75) is 26.2 Å². The van der Waals surface area contributed by atoms with Crippen LogP contribution in [0.15, 0.2) is 109 Å². The summed E-state index contributed by atoms with van der Waals surface area (Å²) in [4.78, 5) is 14.9. The standard InChI is InChI=1S/C41H27N5O.Pd/c1-41(2,3)32-12-8-10-28-26-19-17-24(22-30(26)39-43-33-13-4-6-15-35(33)45(39)37(28)32)47-25-18-20-27-29-11-9-21-42-38(29)46-36-16-7-5-14-34(36)44-40(46)31(27)23-25;/h4-21H,1-3H3;/q-2;+2. The van der Waals surface area contributed by atoms with Crippen LogP contribution in [0.3, 0.4) is 0 Å². The van der Waals surface area contributed by atoms with Gasteiger partial charge in [0.2, 0.25) is 0 Å². The summed E-state index contributed by atoms with van der Waals surface area (Å²) in [5.74, 6) is 1.19. The molecule has 10 rings (SSSR count). The summed E-state index contributed by atoms with van der Waals surface area (Å²) in [5, 5.41) is 6.11. The summed E-state index contributed by atoms with van der Waals surface area (Å²) in [7, 11) is 0. The number of aromatic nitrogens is 5. The van der Waals surface area contributed by atoms with Gasteiger partial charge in [-0.2, -0.15) is 0 Å². The molecule has 5 heterocycles. The van der Waals surface area contributed by atoms with Crippen molar-refractivity contribution in [1.29, 1.82) is 0 Å². The van der Waals surface area contributed by atoms with Crippen molar-refractivity contribution < 1.29 is 25.2 Å². The molecule has 232 valence electrons. The number of imidazole rings is 2. The maximum absolute atomic E-state index is 6.54. The van der Waals surface area contributed by atoms with Crippen molar-refractivity contribution in [2.24, 2.45) is 0 Å². The van der Waals surface area contributed by atoms with Crippen LogP contribution in [0.4, 0.5) is 0 Å². The number of hydrogen-bond donors (Lipinski definition) is 0. The normalized spacial score (nSPS) is 12.3. The molecule has 0 atom stereocenters. The Balaban J connectivity index is 0.00000314. The molecule has 0 spiro atoms. The average Bonchev–Trinajstić information content (AvgIpc) is 3.68. The molecule has 0 saturated heterocycles. The van der Waals surface area contributed by atoms with Crippen LogP contribution >= 0.6 is 0 Å². The van der Waals surface area contributed by atoms with E-state index in [0.717, 1.165) is 71.3 Å². The van der Waals surface area contributed by atoms with E-state index in [1.165, 1.54) is 11.1 Å². The van der Waals surface area contributed by atoms with Gasteiger partial charge in [-0.25, -0.2) is 4.98 Å². The van der Waals surface area contributed by atoms with E-state index in [1.54, 1.807) is 0 Å². The number of para-hydroxylation sites is 5. The SMILES string of the molecule is CC(C)(C)c1cccc2c3ccc(Oc4[c-]c5c(cc4)c4cccnc4n4c6ccccc6nc54)[c-]c3c3nc4ccccc4n3c12.[Pd+2]. The molecule has 0 aliphatic carbocycles. The molecule has 5 aromatic heterocycles. The van der Waals surface area contributed by atoms with E-state index in [-0.39, 0.29) is 25.8 Å². The second-order valence-corrected chi connectivity index (χ2v) is 13.2. The minimum atomic E-state index is -0.0579. The summed E-state index contributed by atoms with van der Waals surface area (Å²) < 4.78 is 11.0. The molecule has 0 aliphatic heterocycles. The Morgan fingerprint density at radius 2 is 1.15 bits per heavy atom. The van der Waals surface area contributed by atoms with Crippen molar-refractivity contribution in [2.75, 3.05) is 0 Å². The Kier molecular flexibility index (Phi) is 6.20. The van der Waals surface area contributed by atoms with E-state index in [0.29, 0.717) is 11.5 Å². The largest absolute Gasteiger partial charge is 2.00 e. The molecule has 0 fully saturated rings. The van der Waals surface area contributed by atoms with Gasteiger partial charge in [-0.15, -0.1) is 12.1 Å². The van der Waals surface area contributed by atoms with Gasteiger partial charge in [-0.05, 0) is 52.1 Å². The van der Waals surface area contributed by atoms with Gasteiger partial charge >= 0.3 is 20.4 Å². The smallest absolute Gasteiger partial charge is 0.497 e. The first-order chi connectivity index (χ1) is 22.9. The van der Waals surface area contributed by atoms with Crippen LogP contribution in [0.5, 0.6) is 11.5 Å². The third-order valence-electron chi connectivity index (χ3n) is 9.27. The van der Waals surface area contributed by atoms with Crippen LogP contribution < -0.4 is 4.74 Å². The Morgan fingerprint density at radius 3 is 1.81 bits per heavy atom. The van der Waals surface area contributed by atoms with Gasteiger partial charge in [0.05, 0.1) is 33.4 Å². The minimum Gasteiger partial charge on any atom is -0.497 e. The summed E-state index contributed by atoms with van der Waals surface area (Å²) >= 11 is 0. The molecule has 0 aliphatic rings. The maximum atomic E-state index is 6.54. The Morgan fingerprint density at radius 1 is 0.562 bits per heavy atom. The van der Waals surface area contributed by atoms with Gasteiger partial charge in [0.1, 0.15) is 5.65 Å². The molecule has 48 heavy (non-hydrogen) atoms. The van der Waals surface area contributed by atoms with Gasteiger partial charge in [0.25, 0.3) is 0 Å². The zero-order chi connectivity index (χ0) is 31.4. The van der Waals surface area contributed by atoms with Crippen molar-refractivity contribution in [1.82, 2.24) is 23.8 Å². The maximum Gasteiger partial charge on any atom is 2.00 e. The summed E-state index contributed by atoms with van der Waals surface area (Å²) in [6, 6.07) is 42.5. The van der Waals surface area contributed by atoms with E-state index in [1.807, 2.05) is 48.7 Å². The second-order valence-electron chi connectivity index (χ2n) is 13.2. The van der Waals surface area contributed by atoms with E-state index in [9.17, 15) is 0 Å². The number of nitrogens with zero attached hydrogens (tertiary/aromatic N) is 5. The number of ether oxygens (including phenoxy) is 1. The fourth-order valence-corrected chi connectivity index (χ4v) is 7.21. The molecule has 5 aromatic carbocycles. The second kappa shape index (κ2) is 10.3. The average molecular weight is 712 g/mol. The zero-order valence-corrected chi connectivity index (χ0v) is 27.9. The van der Waals surface area contributed by atoms with Crippen LogP contribution in [-0.2, 0) is 25.8 Å². The number of benzene rings is 5.